The zero-order valence-electron chi connectivity index (χ0n) is 9.28. The number of unbranched alkanes of at least 4 members (excludes halogenated alkanes) is 2. The molecule has 4 heteroatoms. The molecule has 0 aromatic heterocycles. The molecule has 2 N–H and O–H groups in total. The fourth-order valence-electron chi connectivity index (χ4n) is 1.19. The number of hydrogen-bond acceptors (Lipinski definition) is 4. The van der Waals surface area contributed by atoms with E-state index in [0.717, 1.165) is 19.3 Å². The summed E-state index contributed by atoms with van der Waals surface area (Å²) in [5, 5.41) is 17.9. The molecule has 0 aromatic carbocycles. The first-order valence-electron chi connectivity index (χ1n) is 5.18. The summed E-state index contributed by atoms with van der Waals surface area (Å²) < 4.78 is 5.28. The van der Waals surface area contributed by atoms with Gasteiger partial charge in [-0.2, -0.15) is 0 Å². The van der Waals surface area contributed by atoms with Crippen molar-refractivity contribution in [3.8, 4) is 0 Å². The highest BCUT2D eigenvalue weighted by atomic mass is 16.5. The number of ether oxygens (including phenoxy) is 1. The third kappa shape index (κ3) is 9.92. The molecule has 0 radical (unpaired) electrons. The molecule has 0 aliphatic rings. The lowest BCUT2D eigenvalue weighted by molar-refractivity contribution is 0.0226. The monoisotopic (exact) mass is 205 g/mol. The summed E-state index contributed by atoms with van der Waals surface area (Å²) in [7, 11) is 3.84. The van der Waals surface area contributed by atoms with E-state index in [9.17, 15) is 5.11 Å². The van der Waals surface area contributed by atoms with E-state index in [0.29, 0.717) is 19.8 Å². The highest BCUT2D eigenvalue weighted by molar-refractivity contribution is 4.56. The molecule has 0 saturated heterocycles. The van der Waals surface area contributed by atoms with Gasteiger partial charge in [-0.25, -0.2) is 0 Å². The van der Waals surface area contributed by atoms with Crippen LogP contribution < -0.4 is 0 Å². The van der Waals surface area contributed by atoms with E-state index in [2.05, 4.69) is 0 Å². The van der Waals surface area contributed by atoms with E-state index in [-0.39, 0.29) is 6.61 Å². The van der Waals surface area contributed by atoms with Crippen molar-refractivity contribution in [1.82, 2.24) is 4.90 Å². The minimum Gasteiger partial charge on any atom is -0.396 e. The van der Waals surface area contributed by atoms with Crippen molar-refractivity contribution in [2.75, 3.05) is 40.5 Å². The lowest BCUT2D eigenvalue weighted by Gasteiger charge is -2.15. The van der Waals surface area contributed by atoms with Gasteiger partial charge in [0.2, 0.25) is 0 Å². The molecule has 1 unspecified atom stereocenters. The maximum absolute atomic E-state index is 9.42. The fourth-order valence-corrected chi connectivity index (χ4v) is 1.19. The van der Waals surface area contributed by atoms with Gasteiger partial charge in [0.25, 0.3) is 0 Å². The molecule has 0 aromatic rings. The Bertz CT molecular complexity index is 120. The number of aliphatic hydroxyl groups is 2. The van der Waals surface area contributed by atoms with Gasteiger partial charge in [-0.15, -0.1) is 0 Å². The number of nitrogens with zero attached hydrogens (tertiary/aromatic N) is 1. The number of hydrogen-bond donors (Lipinski definition) is 2. The Kier molecular flexibility index (Phi) is 9.29. The molecule has 0 spiro atoms. The molecule has 0 heterocycles. The Balaban J connectivity index is 3.10. The Hall–Kier alpha value is -0.160. The highest BCUT2D eigenvalue weighted by Gasteiger charge is 2.04. The summed E-state index contributed by atoms with van der Waals surface area (Å²) in [5.41, 5.74) is 0. The zero-order valence-corrected chi connectivity index (χ0v) is 9.28. The van der Waals surface area contributed by atoms with Crippen molar-refractivity contribution in [3.63, 3.8) is 0 Å². The van der Waals surface area contributed by atoms with Gasteiger partial charge in [0.15, 0.2) is 0 Å². The molecule has 0 fully saturated rings. The number of aliphatic hydroxyl groups excluding tert-OH is 2. The van der Waals surface area contributed by atoms with Gasteiger partial charge >= 0.3 is 0 Å². The molecular formula is C10H23NO3. The Morgan fingerprint density at radius 1 is 1.21 bits per heavy atom. The van der Waals surface area contributed by atoms with E-state index >= 15 is 0 Å². The zero-order chi connectivity index (χ0) is 10.8. The number of rotatable bonds is 9. The van der Waals surface area contributed by atoms with Crippen LogP contribution in [0.15, 0.2) is 0 Å². The van der Waals surface area contributed by atoms with Gasteiger partial charge in [0.05, 0.1) is 12.7 Å². The lowest BCUT2D eigenvalue weighted by Crippen LogP contribution is -2.29. The first-order chi connectivity index (χ1) is 6.66. The summed E-state index contributed by atoms with van der Waals surface area (Å²) in [4.78, 5) is 1.93. The lowest BCUT2D eigenvalue weighted by atomic mass is 10.2. The standard InChI is InChI=1S/C10H23NO3/c1-11(2)8-10(13)9-14-7-5-3-4-6-12/h10,12-13H,3-9H2,1-2H3. The van der Waals surface area contributed by atoms with Crippen molar-refractivity contribution in [2.45, 2.75) is 25.4 Å². The minimum atomic E-state index is -0.400. The second kappa shape index (κ2) is 9.40. The first-order valence-corrected chi connectivity index (χ1v) is 5.18. The molecule has 0 saturated carbocycles. The predicted octanol–water partition coefficient (Wildman–Crippen LogP) is 0.0881. The van der Waals surface area contributed by atoms with Crippen molar-refractivity contribution in [2.24, 2.45) is 0 Å². The van der Waals surface area contributed by atoms with Crippen LogP contribution in [0.25, 0.3) is 0 Å². The van der Waals surface area contributed by atoms with Crippen LogP contribution in [0, 0.1) is 0 Å². The molecule has 0 aliphatic heterocycles. The van der Waals surface area contributed by atoms with Crippen LogP contribution in [0.2, 0.25) is 0 Å². The van der Waals surface area contributed by atoms with Crippen LogP contribution in [0.5, 0.6) is 0 Å². The third-order valence-electron chi connectivity index (χ3n) is 1.83. The van der Waals surface area contributed by atoms with Crippen LogP contribution in [-0.2, 0) is 4.74 Å². The van der Waals surface area contributed by atoms with Crippen LogP contribution in [0.1, 0.15) is 19.3 Å². The first kappa shape index (κ1) is 13.8. The van der Waals surface area contributed by atoms with Crippen LogP contribution in [0.3, 0.4) is 0 Å². The van der Waals surface area contributed by atoms with Crippen LogP contribution >= 0.6 is 0 Å². The molecule has 0 bridgehead atoms. The van der Waals surface area contributed by atoms with Crippen LogP contribution in [-0.4, -0.2) is 61.7 Å². The normalized spacial score (nSPS) is 13.5. The van der Waals surface area contributed by atoms with E-state index < -0.39 is 6.10 Å². The summed E-state index contributed by atoms with van der Waals surface area (Å²) in [5.74, 6) is 0. The van der Waals surface area contributed by atoms with Crippen molar-refractivity contribution < 1.29 is 14.9 Å². The summed E-state index contributed by atoms with van der Waals surface area (Å²) in [6, 6.07) is 0. The van der Waals surface area contributed by atoms with Crippen LogP contribution in [0.4, 0.5) is 0 Å². The van der Waals surface area contributed by atoms with E-state index in [1.54, 1.807) is 0 Å². The van der Waals surface area contributed by atoms with E-state index in [4.69, 9.17) is 9.84 Å². The smallest absolute Gasteiger partial charge is 0.0899 e. The summed E-state index contributed by atoms with van der Waals surface area (Å²) in [6.45, 7) is 1.96. The molecule has 0 aliphatic carbocycles. The average molecular weight is 205 g/mol. The average Bonchev–Trinajstić information content (AvgIpc) is 2.10. The van der Waals surface area contributed by atoms with Gasteiger partial charge in [-0.3, -0.25) is 0 Å². The second-order valence-corrected chi connectivity index (χ2v) is 3.78. The minimum absolute atomic E-state index is 0.253. The molecule has 4 nitrogen and oxygen atoms in total. The molecule has 1 atom stereocenters. The Labute approximate surface area is 86.5 Å². The van der Waals surface area contributed by atoms with E-state index in [1.807, 2.05) is 19.0 Å². The van der Waals surface area contributed by atoms with Crippen molar-refractivity contribution >= 4 is 0 Å². The predicted molar refractivity (Wildman–Crippen MR) is 56.3 cm³/mol. The summed E-state index contributed by atoms with van der Waals surface area (Å²) in [6.07, 6.45) is 2.38. The van der Waals surface area contributed by atoms with Gasteiger partial charge in [0.1, 0.15) is 0 Å². The SMILES string of the molecule is CN(C)CC(O)COCCCCCO. The Morgan fingerprint density at radius 3 is 2.50 bits per heavy atom. The van der Waals surface area contributed by atoms with Gasteiger partial charge in [-0.1, -0.05) is 0 Å². The van der Waals surface area contributed by atoms with Crippen molar-refractivity contribution in [3.05, 3.63) is 0 Å². The third-order valence-corrected chi connectivity index (χ3v) is 1.83. The number of likely N-dealkylation sites (N-methyl/N-ethyl adjacent to an activating group) is 1. The second-order valence-electron chi connectivity index (χ2n) is 3.78. The molecule has 14 heavy (non-hydrogen) atoms. The summed E-state index contributed by atoms with van der Waals surface area (Å²) >= 11 is 0. The van der Waals surface area contributed by atoms with Crippen molar-refractivity contribution in [1.29, 1.82) is 0 Å². The fraction of sp³-hybridized carbons (Fsp3) is 1.00. The molecule has 86 valence electrons. The molecular weight excluding hydrogens is 182 g/mol. The van der Waals surface area contributed by atoms with Gasteiger partial charge < -0.3 is 19.8 Å². The van der Waals surface area contributed by atoms with Gasteiger partial charge in [-0.05, 0) is 33.4 Å². The highest BCUT2D eigenvalue weighted by Crippen LogP contribution is 1.96. The topological polar surface area (TPSA) is 52.9 Å². The maximum atomic E-state index is 9.42. The van der Waals surface area contributed by atoms with Gasteiger partial charge in [0, 0.05) is 19.8 Å². The molecule has 0 amide bonds. The Morgan fingerprint density at radius 2 is 1.93 bits per heavy atom. The quantitative estimate of drug-likeness (QED) is 0.524. The maximum Gasteiger partial charge on any atom is 0.0899 e. The van der Waals surface area contributed by atoms with E-state index in [1.165, 1.54) is 0 Å². The molecule has 0 rings (SSSR count). The largest absolute Gasteiger partial charge is 0.396 e.